The number of rotatable bonds is 4. The smallest absolute Gasteiger partial charge is 0.221 e. The van der Waals surface area contributed by atoms with Gasteiger partial charge in [0.25, 0.3) is 0 Å². The van der Waals surface area contributed by atoms with Crippen LogP contribution in [-0.2, 0) is 4.79 Å². The van der Waals surface area contributed by atoms with Gasteiger partial charge in [-0.05, 0) is 45.0 Å². The molecule has 1 heterocycles. The Morgan fingerprint density at radius 3 is 2.80 bits per heavy atom. The lowest BCUT2D eigenvalue weighted by molar-refractivity contribution is -0.114. The molecule has 2 N–H and O–H groups in total. The molecule has 1 aromatic carbocycles. The maximum Gasteiger partial charge on any atom is 0.221 e. The Kier molecular flexibility index (Phi) is 4.78. The van der Waals surface area contributed by atoms with E-state index in [2.05, 4.69) is 42.5 Å². The lowest BCUT2D eigenvalue weighted by atomic mass is 10.1. The standard InChI is InChI=1S/C16H25N3O/c1-11-8-16(10-19(11)4)17-12(2)14-6-5-7-15(9-14)18-13(3)20/h5-7,9,11-12,16-17H,8,10H2,1-4H3,(H,18,20). The molecule has 4 heteroatoms. The first-order chi connectivity index (χ1) is 9.45. The highest BCUT2D eigenvalue weighted by atomic mass is 16.1. The molecule has 110 valence electrons. The molecule has 1 aliphatic heterocycles. The van der Waals surface area contributed by atoms with Gasteiger partial charge >= 0.3 is 0 Å². The maximum absolute atomic E-state index is 11.1. The second-order valence-electron chi connectivity index (χ2n) is 5.92. The summed E-state index contributed by atoms with van der Waals surface area (Å²) in [4.78, 5) is 13.5. The van der Waals surface area contributed by atoms with Crippen LogP contribution in [0.5, 0.6) is 0 Å². The van der Waals surface area contributed by atoms with Crippen LogP contribution >= 0.6 is 0 Å². The van der Waals surface area contributed by atoms with Crippen LogP contribution in [0.3, 0.4) is 0 Å². The highest BCUT2D eigenvalue weighted by molar-refractivity contribution is 5.88. The number of nitrogens with zero attached hydrogens (tertiary/aromatic N) is 1. The summed E-state index contributed by atoms with van der Waals surface area (Å²) < 4.78 is 0. The number of nitrogens with one attached hydrogen (secondary N) is 2. The van der Waals surface area contributed by atoms with Crippen LogP contribution in [0.25, 0.3) is 0 Å². The third-order valence-electron chi connectivity index (χ3n) is 4.08. The Morgan fingerprint density at radius 2 is 2.20 bits per heavy atom. The third-order valence-corrected chi connectivity index (χ3v) is 4.08. The van der Waals surface area contributed by atoms with Crippen molar-refractivity contribution in [2.75, 3.05) is 18.9 Å². The molecule has 3 atom stereocenters. The van der Waals surface area contributed by atoms with Gasteiger partial charge in [0.15, 0.2) is 0 Å². The first-order valence-corrected chi connectivity index (χ1v) is 7.29. The fourth-order valence-electron chi connectivity index (χ4n) is 2.85. The van der Waals surface area contributed by atoms with E-state index >= 15 is 0 Å². The predicted molar refractivity (Wildman–Crippen MR) is 82.8 cm³/mol. The largest absolute Gasteiger partial charge is 0.326 e. The first-order valence-electron chi connectivity index (χ1n) is 7.29. The molecule has 4 nitrogen and oxygen atoms in total. The van der Waals surface area contributed by atoms with Gasteiger partial charge < -0.3 is 15.5 Å². The normalized spacial score (nSPS) is 24.6. The molecule has 1 aliphatic rings. The molecule has 1 saturated heterocycles. The van der Waals surface area contributed by atoms with E-state index in [1.165, 1.54) is 18.9 Å². The van der Waals surface area contributed by atoms with Crippen LogP contribution < -0.4 is 10.6 Å². The van der Waals surface area contributed by atoms with E-state index in [0.29, 0.717) is 12.1 Å². The summed E-state index contributed by atoms with van der Waals surface area (Å²) in [6, 6.07) is 9.52. The molecule has 2 rings (SSSR count). The topological polar surface area (TPSA) is 44.4 Å². The van der Waals surface area contributed by atoms with Gasteiger partial charge in [0.1, 0.15) is 0 Å². The zero-order chi connectivity index (χ0) is 14.7. The minimum absolute atomic E-state index is 0.0333. The molecule has 1 amide bonds. The molecule has 20 heavy (non-hydrogen) atoms. The minimum atomic E-state index is -0.0333. The second kappa shape index (κ2) is 6.37. The quantitative estimate of drug-likeness (QED) is 0.887. The minimum Gasteiger partial charge on any atom is -0.326 e. The van der Waals surface area contributed by atoms with Crippen molar-refractivity contribution >= 4 is 11.6 Å². The van der Waals surface area contributed by atoms with Crippen molar-refractivity contribution in [3.8, 4) is 0 Å². The van der Waals surface area contributed by atoms with E-state index in [-0.39, 0.29) is 11.9 Å². The number of benzene rings is 1. The summed E-state index contributed by atoms with van der Waals surface area (Å²) in [6.07, 6.45) is 1.19. The Hall–Kier alpha value is -1.39. The average Bonchev–Trinajstić information content (AvgIpc) is 2.67. The maximum atomic E-state index is 11.1. The molecule has 0 spiro atoms. The van der Waals surface area contributed by atoms with Crippen molar-refractivity contribution in [2.24, 2.45) is 0 Å². The molecule has 1 fully saturated rings. The van der Waals surface area contributed by atoms with Crippen molar-refractivity contribution in [1.82, 2.24) is 10.2 Å². The Morgan fingerprint density at radius 1 is 1.45 bits per heavy atom. The van der Waals surface area contributed by atoms with Gasteiger partial charge in [-0.15, -0.1) is 0 Å². The first kappa shape index (κ1) is 15.0. The highest BCUT2D eigenvalue weighted by Crippen LogP contribution is 2.21. The van der Waals surface area contributed by atoms with Gasteiger partial charge in [-0.2, -0.15) is 0 Å². The predicted octanol–water partition coefficient (Wildman–Crippen LogP) is 2.39. The lowest BCUT2D eigenvalue weighted by Crippen LogP contribution is -2.33. The highest BCUT2D eigenvalue weighted by Gasteiger charge is 2.26. The summed E-state index contributed by atoms with van der Waals surface area (Å²) in [5.74, 6) is -0.0333. The van der Waals surface area contributed by atoms with Crippen LogP contribution in [0.2, 0.25) is 0 Å². The third kappa shape index (κ3) is 3.81. The molecular formula is C16H25N3O. The number of carbonyl (C=O) groups is 1. The van der Waals surface area contributed by atoms with Crippen molar-refractivity contribution in [3.05, 3.63) is 29.8 Å². The fraction of sp³-hybridized carbons (Fsp3) is 0.562. The fourth-order valence-corrected chi connectivity index (χ4v) is 2.85. The molecule has 1 aromatic rings. The summed E-state index contributed by atoms with van der Waals surface area (Å²) in [7, 11) is 2.18. The summed E-state index contributed by atoms with van der Waals surface area (Å²) >= 11 is 0. The SMILES string of the molecule is CC(=O)Nc1cccc(C(C)NC2CC(C)N(C)C2)c1. The van der Waals surface area contributed by atoms with Crippen LogP contribution in [0.15, 0.2) is 24.3 Å². The Labute approximate surface area is 121 Å². The summed E-state index contributed by atoms with van der Waals surface area (Å²) in [5, 5.41) is 6.51. The zero-order valence-electron chi connectivity index (χ0n) is 12.8. The number of hydrogen-bond acceptors (Lipinski definition) is 3. The van der Waals surface area contributed by atoms with Gasteiger partial charge in [0.05, 0.1) is 0 Å². The van der Waals surface area contributed by atoms with Gasteiger partial charge in [0.2, 0.25) is 5.91 Å². The van der Waals surface area contributed by atoms with E-state index in [4.69, 9.17) is 0 Å². The lowest BCUT2D eigenvalue weighted by Gasteiger charge is -2.20. The molecule has 3 unspecified atom stereocenters. The van der Waals surface area contributed by atoms with Crippen molar-refractivity contribution in [2.45, 2.75) is 45.3 Å². The monoisotopic (exact) mass is 275 g/mol. The van der Waals surface area contributed by atoms with Gasteiger partial charge in [0, 0.05) is 37.3 Å². The molecule has 0 aromatic heterocycles. The number of likely N-dealkylation sites (tertiary alicyclic amines) is 1. The van der Waals surface area contributed by atoms with E-state index in [0.717, 1.165) is 12.2 Å². The summed E-state index contributed by atoms with van der Waals surface area (Å²) in [6.45, 7) is 7.07. The summed E-state index contributed by atoms with van der Waals surface area (Å²) in [5.41, 5.74) is 2.07. The molecule has 0 aliphatic carbocycles. The zero-order valence-corrected chi connectivity index (χ0v) is 12.8. The molecular weight excluding hydrogens is 250 g/mol. The number of hydrogen-bond donors (Lipinski definition) is 2. The van der Waals surface area contributed by atoms with Crippen molar-refractivity contribution < 1.29 is 4.79 Å². The van der Waals surface area contributed by atoms with Gasteiger partial charge in [-0.1, -0.05) is 12.1 Å². The Bertz CT molecular complexity index is 465. The van der Waals surface area contributed by atoms with Crippen LogP contribution in [-0.4, -0.2) is 36.5 Å². The number of carbonyl (C=O) groups excluding carboxylic acids is 1. The van der Waals surface area contributed by atoms with Crippen molar-refractivity contribution in [3.63, 3.8) is 0 Å². The molecule has 0 radical (unpaired) electrons. The van der Waals surface area contributed by atoms with Gasteiger partial charge in [-0.3, -0.25) is 4.79 Å². The number of amides is 1. The Balaban J connectivity index is 1.98. The van der Waals surface area contributed by atoms with Gasteiger partial charge in [-0.25, -0.2) is 0 Å². The van der Waals surface area contributed by atoms with E-state index < -0.39 is 0 Å². The number of likely N-dealkylation sites (N-methyl/N-ethyl adjacent to an activating group) is 1. The van der Waals surface area contributed by atoms with E-state index in [9.17, 15) is 4.79 Å². The van der Waals surface area contributed by atoms with E-state index in [1.807, 2.05) is 18.2 Å². The van der Waals surface area contributed by atoms with Crippen LogP contribution in [0.1, 0.15) is 38.8 Å². The average molecular weight is 275 g/mol. The van der Waals surface area contributed by atoms with Crippen LogP contribution in [0.4, 0.5) is 5.69 Å². The number of anilines is 1. The molecule has 0 bridgehead atoms. The van der Waals surface area contributed by atoms with E-state index in [1.54, 1.807) is 0 Å². The van der Waals surface area contributed by atoms with Crippen molar-refractivity contribution in [1.29, 1.82) is 0 Å². The van der Waals surface area contributed by atoms with Crippen LogP contribution in [0, 0.1) is 0 Å². The second-order valence-corrected chi connectivity index (χ2v) is 5.92. The molecule has 0 saturated carbocycles.